The van der Waals surface area contributed by atoms with Crippen molar-refractivity contribution in [3.8, 4) is 0 Å². The van der Waals surface area contributed by atoms with Gasteiger partial charge >= 0.3 is 0 Å². The number of nitrogens with two attached hydrogens (primary N) is 1. The fourth-order valence-electron chi connectivity index (χ4n) is 2.89. The van der Waals surface area contributed by atoms with Gasteiger partial charge in [0.15, 0.2) is 0 Å². The fourth-order valence-corrected chi connectivity index (χ4v) is 2.89. The molecule has 0 amide bonds. The molecule has 0 radical (unpaired) electrons. The smallest absolute Gasteiger partial charge is 0.00951 e. The molecule has 1 rings (SSSR count). The molecule has 0 aromatic heterocycles. The van der Waals surface area contributed by atoms with Crippen molar-refractivity contribution in [2.24, 2.45) is 5.73 Å². The van der Waals surface area contributed by atoms with E-state index in [0.29, 0.717) is 6.04 Å². The number of hydrogen-bond acceptors (Lipinski definition) is 2. The largest absolute Gasteiger partial charge is 0.328 e. The lowest BCUT2D eigenvalue weighted by molar-refractivity contribution is 0.158. The molecule has 0 saturated heterocycles. The molecule has 0 aromatic carbocycles. The molecule has 1 fully saturated rings. The van der Waals surface area contributed by atoms with Gasteiger partial charge in [-0.05, 0) is 38.8 Å². The molecule has 1 saturated carbocycles. The lowest BCUT2D eigenvalue weighted by Crippen LogP contribution is -2.39. The number of hydrogen-bond donors (Lipinski definition) is 1. The molecule has 2 N–H and O–H groups in total. The van der Waals surface area contributed by atoms with E-state index in [4.69, 9.17) is 5.73 Å². The minimum absolute atomic E-state index is 0.419. The third kappa shape index (κ3) is 4.84. The lowest BCUT2D eigenvalue weighted by atomic mass is 9.94. The van der Waals surface area contributed by atoms with Crippen LogP contribution in [0.2, 0.25) is 0 Å². The number of rotatable bonds is 7. The van der Waals surface area contributed by atoms with Gasteiger partial charge in [0, 0.05) is 12.1 Å². The van der Waals surface area contributed by atoms with Crippen LogP contribution in [0.15, 0.2) is 0 Å². The molecule has 2 heteroatoms. The van der Waals surface area contributed by atoms with Gasteiger partial charge in [0.05, 0.1) is 0 Å². The molecule has 1 aliphatic rings. The van der Waals surface area contributed by atoms with E-state index < -0.39 is 0 Å². The molecular formula is C14H30N2. The third-order valence-corrected chi connectivity index (χ3v) is 3.94. The highest BCUT2D eigenvalue weighted by Gasteiger charge is 2.19. The standard InChI is InChI=1S/C14H30N2/c1-3-8-13(15)11-12-16(4-2)14-9-6-5-7-10-14/h13-14H,3-12,15H2,1-2H3. The average molecular weight is 226 g/mol. The summed E-state index contributed by atoms with van der Waals surface area (Å²) in [5.41, 5.74) is 6.09. The molecule has 0 aromatic rings. The Balaban J connectivity index is 2.24. The van der Waals surface area contributed by atoms with Crippen molar-refractivity contribution in [3.63, 3.8) is 0 Å². The molecule has 96 valence electrons. The van der Waals surface area contributed by atoms with Crippen LogP contribution in [-0.4, -0.2) is 30.1 Å². The maximum atomic E-state index is 6.09. The second kappa shape index (κ2) is 8.08. The molecule has 1 unspecified atom stereocenters. The molecule has 2 nitrogen and oxygen atoms in total. The van der Waals surface area contributed by atoms with E-state index in [-0.39, 0.29) is 0 Å². The summed E-state index contributed by atoms with van der Waals surface area (Å²) in [7, 11) is 0. The average Bonchev–Trinajstić information content (AvgIpc) is 2.31. The van der Waals surface area contributed by atoms with Crippen LogP contribution >= 0.6 is 0 Å². The molecule has 0 spiro atoms. The maximum absolute atomic E-state index is 6.09. The van der Waals surface area contributed by atoms with Crippen molar-refractivity contribution in [1.82, 2.24) is 4.90 Å². The first-order valence-corrected chi connectivity index (χ1v) is 7.27. The van der Waals surface area contributed by atoms with Crippen LogP contribution in [0.25, 0.3) is 0 Å². The van der Waals surface area contributed by atoms with Crippen molar-refractivity contribution in [3.05, 3.63) is 0 Å². The second-order valence-electron chi connectivity index (χ2n) is 5.26. The topological polar surface area (TPSA) is 29.3 Å². The predicted octanol–water partition coefficient (Wildman–Crippen LogP) is 3.16. The molecule has 0 bridgehead atoms. The maximum Gasteiger partial charge on any atom is 0.00951 e. The molecule has 0 heterocycles. The second-order valence-corrected chi connectivity index (χ2v) is 5.26. The molecular weight excluding hydrogens is 196 g/mol. The number of nitrogens with zero attached hydrogens (tertiary/aromatic N) is 1. The van der Waals surface area contributed by atoms with Gasteiger partial charge in [-0.1, -0.05) is 39.5 Å². The summed E-state index contributed by atoms with van der Waals surface area (Å²) in [6.07, 6.45) is 10.7. The molecule has 0 aliphatic heterocycles. The van der Waals surface area contributed by atoms with E-state index in [9.17, 15) is 0 Å². The van der Waals surface area contributed by atoms with Crippen molar-refractivity contribution in [2.45, 2.75) is 77.3 Å². The van der Waals surface area contributed by atoms with Crippen LogP contribution in [0, 0.1) is 0 Å². The first-order chi connectivity index (χ1) is 7.77. The van der Waals surface area contributed by atoms with Crippen molar-refractivity contribution in [1.29, 1.82) is 0 Å². The van der Waals surface area contributed by atoms with Gasteiger partial charge in [-0.25, -0.2) is 0 Å². The molecule has 1 aliphatic carbocycles. The summed E-state index contributed by atoms with van der Waals surface area (Å²) in [6.45, 7) is 6.92. The Hall–Kier alpha value is -0.0800. The lowest BCUT2D eigenvalue weighted by Gasteiger charge is -2.34. The SMILES string of the molecule is CCCC(N)CCN(CC)C1CCCCC1. The van der Waals surface area contributed by atoms with Crippen molar-refractivity contribution < 1.29 is 0 Å². The minimum atomic E-state index is 0.419. The first kappa shape index (κ1) is 14.0. The van der Waals surface area contributed by atoms with E-state index >= 15 is 0 Å². The van der Waals surface area contributed by atoms with Crippen molar-refractivity contribution >= 4 is 0 Å². The fraction of sp³-hybridized carbons (Fsp3) is 1.00. The summed E-state index contributed by atoms with van der Waals surface area (Å²) < 4.78 is 0. The Labute approximate surface area is 102 Å². The van der Waals surface area contributed by atoms with Gasteiger partial charge in [0.25, 0.3) is 0 Å². The van der Waals surface area contributed by atoms with Gasteiger partial charge < -0.3 is 10.6 Å². The molecule has 16 heavy (non-hydrogen) atoms. The van der Waals surface area contributed by atoms with Crippen LogP contribution in [0.1, 0.15) is 65.2 Å². The zero-order chi connectivity index (χ0) is 11.8. The summed E-state index contributed by atoms with van der Waals surface area (Å²) in [5, 5.41) is 0. The van der Waals surface area contributed by atoms with Crippen LogP contribution in [0.4, 0.5) is 0 Å². The highest BCUT2D eigenvalue weighted by Crippen LogP contribution is 2.22. The summed E-state index contributed by atoms with van der Waals surface area (Å²) in [5.74, 6) is 0. The summed E-state index contributed by atoms with van der Waals surface area (Å²) >= 11 is 0. The molecule has 1 atom stereocenters. The Bertz CT molecular complexity index is 164. The highest BCUT2D eigenvalue weighted by atomic mass is 15.1. The zero-order valence-electron chi connectivity index (χ0n) is 11.3. The first-order valence-electron chi connectivity index (χ1n) is 7.27. The van der Waals surface area contributed by atoms with Crippen LogP contribution in [-0.2, 0) is 0 Å². The minimum Gasteiger partial charge on any atom is -0.328 e. The van der Waals surface area contributed by atoms with E-state index in [1.807, 2.05) is 0 Å². The summed E-state index contributed by atoms with van der Waals surface area (Å²) in [4.78, 5) is 2.66. The van der Waals surface area contributed by atoms with Crippen LogP contribution < -0.4 is 5.73 Å². The van der Waals surface area contributed by atoms with E-state index in [0.717, 1.165) is 6.04 Å². The van der Waals surface area contributed by atoms with Gasteiger partial charge in [-0.3, -0.25) is 0 Å². The van der Waals surface area contributed by atoms with Crippen molar-refractivity contribution in [2.75, 3.05) is 13.1 Å². The highest BCUT2D eigenvalue weighted by molar-refractivity contribution is 4.76. The Morgan fingerprint density at radius 1 is 1.12 bits per heavy atom. The Morgan fingerprint density at radius 3 is 2.38 bits per heavy atom. The van der Waals surface area contributed by atoms with Gasteiger partial charge in [-0.15, -0.1) is 0 Å². The zero-order valence-corrected chi connectivity index (χ0v) is 11.3. The van der Waals surface area contributed by atoms with E-state index in [1.54, 1.807) is 0 Å². The summed E-state index contributed by atoms with van der Waals surface area (Å²) in [6, 6.07) is 1.27. The van der Waals surface area contributed by atoms with Gasteiger partial charge in [0.2, 0.25) is 0 Å². The van der Waals surface area contributed by atoms with E-state index in [2.05, 4.69) is 18.7 Å². The van der Waals surface area contributed by atoms with Crippen LogP contribution in [0.3, 0.4) is 0 Å². The monoisotopic (exact) mass is 226 g/mol. The Kier molecular flexibility index (Phi) is 7.06. The van der Waals surface area contributed by atoms with E-state index in [1.165, 1.54) is 64.5 Å². The van der Waals surface area contributed by atoms with Crippen LogP contribution in [0.5, 0.6) is 0 Å². The van der Waals surface area contributed by atoms with Gasteiger partial charge in [0.1, 0.15) is 0 Å². The third-order valence-electron chi connectivity index (χ3n) is 3.94. The Morgan fingerprint density at radius 2 is 1.81 bits per heavy atom. The quantitative estimate of drug-likeness (QED) is 0.722. The normalized spacial score (nSPS) is 20.2. The predicted molar refractivity (Wildman–Crippen MR) is 71.6 cm³/mol. The van der Waals surface area contributed by atoms with Gasteiger partial charge in [-0.2, -0.15) is 0 Å².